The van der Waals surface area contributed by atoms with Crippen LogP contribution in [0.4, 0.5) is 0 Å². The van der Waals surface area contributed by atoms with E-state index in [4.69, 9.17) is 14.2 Å². The average molecular weight is 849 g/mol. The molecule has 0 fully saturated rings. The maximum Gasteiger partial charge on any atom is 0.306 e. The molecule has 0 radical (unpaired) electrons. The predicted octanol–water partition coefficient (Wildman–Crippen LogP) is 17.3. The number of carbonyl (C=O) groups excluding carboxylic acids is 3. The molecule has 0 aromatic carbocycles. The van der Waals surface area contributed by atoms with E-state index >= 15 is 0 Å². The van der Waals surface area contributed by atoms with Crippen LogP contribution < -0.4 is 0 Å². The molecule has 0 aliphatic rings. The molecular weight excluding hydrogens is 745 g/mol. The minimum absolute atomic E-state index is 0.0641. The highest BCUT2D eigenvalue weighted by atomic mass is 16.6. The van der Waals surface area contributed by atoms with Gasteiger partial charge >= 0.3 is 17.9 Å². The SMILES string of the molecule is CCCCCCCCCCCCC(=O)O[C@@H](COC(=O)CCCCCCCCCCCCCCCCCCCCC(C)CC)COC(=O)CCCCCCCCCC(C)C. The van der Waals surface area contributed by atoms with Crippen molar-refractivity contribution in [3.8, 4) is 0 Å². The highest BCUT2D eigenvalue weighted by Gasteiger charge is 2.19. The van der Waals surface area contributed by atoms with Crippen molar-refractivity contribution in [3.63, 3.8) is 0 Å². The third-order valence-electron chi connectivity index (χ3n) is 12.6. The van der Waals surface area contributed by atoms with Crippen molar-refractivity contribution in [3.05, 3.63) is 0 Å². The quantitative estimate of drug-likeness (QED) is 0.0345. The summed E-state index contributed by atoms with van der Waals surface area (Å²) >= 11 is 0. The van der Waals surface area contributed by atoms with Crippen LogP contribution in [0.15, 0.2) is 0 Å². The van der Waals surface area contributed by atoms with Crippen LogP contribution in [0.1, 0.15) is 298 Å². The first-order valence-corrected chi connectivity index (χ1v) is 26.8. The van der Waals surface area contributed by atoms with Crippen LogP contribution in [0, 0.1) is 11.8 Å². The molecule has 0 aliphatic carbocycles. The molecule has 0 bridgehead atoms. The van der Waals surface area contributed by atoms with Gasteiger partial charge in [0.1, 0.15) is 13.2 Å². The minimum atomic E-state index is -0.761. The number of unbranched alkanes of at least 4 members (excludes halogenated alkanes) is 32. The molecule has 60 heavy (non-hydrogen) atoms. The molecule has 2 atom stereocenters. The summed E-state index contributed by atoms with van der Waals surface area (Å²) in [5.74, 6) is 0.840. The van der Waals surface area contributed by atoms with Crippen molar-refractivity contribution >= 4 is 17.9 Å². The van der Waals surface area contributed by atoms with E-state index in [9.17, 15) is 14.4 Å². The van der Waals surface area contributed by atoms with E-state index in [1.165, 1.54) is 186 Å². The topological polar surface area (TPSA) is 78.9 Å². The summed E-state index contributed by atoms with van der Waals surface area (Å²) in [5, 5.41) is 0. The van der Waals surface area contributed by atoms with Gasteiger partial charge in [-0.1, -0.05) is 259 Å². The Bertz CT molecular complexity index is 918. The van der Waals surface area contributed by atoms with E-state index in [1.54, 1.807) is 0 Å². The van der Waals surface area contributed by atoms with Crippen molar-refractivity contribution in [2.24, 2.45) is 11.8 Å². The third kappa shape index (κ3) is 45.9. The molecule has 0 amide bonds. The Morgan fingerprint density at radius 1 is 0.350 bits per heavy atom. The van der Waals surface area contributed by atoms with Gasteiger partial charge in [-0.2, -0.15) is 0 Å². The first kappa shape index (κ1) is 58.4. The fraction of sp³-hybridized carbons (Fsp3) is 0.944. The monoisotopic (exact) mass is 849 g/mol. The Morgan fingerprint density at radius 3 is 0.950 bits per heavy atom. The molecule has 356 valence electrons. The zero-order valence-electron chi connectivity index (χ0n) is 41.1. The van der Waals surface area contributed by atoms with E-state index in [1.807, 2.05) is 0 Å². The van der Waals surface area contributed by atoms with Crippen molar-refractivity contribution < 1.29 is 28.6 Å². The molecule has 0 rings (SSSR count). The van der Waals surface area contributed by atoms with E-state index in [0.29, 0.717) is 19.3 Å². The Morgan fingerprint density at radius 2 is 0.633 bits per heavy atom. The number of rotatable bonds is 48. The summed E-state index contributed by atoms with van der Waals surface area (Å²) in [6, 6.07) is 0. The molecule has 0 saturated carbocycles. The summed E-state index contributed by atoms with van der Waals surface area (Å²) in [5.41, 5.74) is 0. The van der Waals surface area contributed by atoms with Crippen LogP contribution in [0.2, 0.25) is 0 Å². The largest absolute Gasteiger partial charge is 0.462 e. The average Bonchev–Trinajstić information content (AvgIpc) is 3.23. The van der Waals surface area contributed by atoms with Crippen molar-refractivity contribution in [2.45, 2.75) is 304 Å². The zero-order valence-corrected chi connectivity index (χ0v) is 41.1. The maximum atomic E-state index is 12.7. The molecule has 0 aliphatic heterocycles. The van der Waals surface area contributed by atoms with Crippen LogP contribution in [0.3, 0.4) is 0 Å². The van der Waals surface area contributed by atoms with Crippen molar-refractivity contribution in [2.75, 3.05) is 13.2 Å². The number of ether oxygens (including phenoxy) is 3. The summed E-state index contributed by atoms with van der Waals surface area (Å²) < 4.78 is 16.8. The van der Waals surface area contributed by atoms with Crippen molar-refractivity contribution in [1.82, 2.24) is 0 Å². The smallest absolute Gasteiger partial charge is 0.306 e. The number of hydrogen-bond acceptors (Lipinski definition) is 6. The lowest BCUT2D eigenvalue weighted by Gasteiger charge is -2.18. The van der Waals surface area contributed by atoms with Gasteiger partial charge in [0.2, 0.25) is 0 Å². The van der Waals surface area contributed by atoms with E-state index in [0.717, 1.165) is 69.6 Å². The second-order valence-corrected chi connectivity index (χ2v) is 19.2. The number of hydrogen-bond donors (Lipinski definition) is 0. The molecule has 0 heterocycles. The number of esters is 3. The molecule has 0 N–H and O–H groups in total. The molecule has 0 spiro atoms. The first-order valence-electron chi connectivity index (χ1n) is 26.8. The maximum absolute atomic E-state index is 12.7. The summed E-state index contributed by atoms with van der Waals surface area (Å²) in [4.78, 5) is 37.8. The van der Waals surface area contributed by atoms with Gasteiger partial charge in [0.15, 0.2) is 6.10 Å². The van der Waals surface area contributed by atoms with Crippen LogP contribution in [-0.4, -0.2) is 37.2 Å². The normalized spacial score (nSPS) is 12.5. The molecule has 0 aromatic heterocycles. The predicted molar refractivity (Wildman–Crippen MR) is 256 cm³/mol. The Kier molecular flexibility index (Phi) is 45.7. The lowest BCUT2D eigenvalue weighted by atomic mass is 9.99. The summed E-state index contributed by atoms with van der Waals surface area (Å²) in [6.07, 6.45) is 48.2. The van der Waals surface area contributed by atoms with Crippen LogP contribution in [-0.2, 0) is 28.6 Å². The first-order chi connectivity index (χ1) is 29.3. The zero-order chi connectivity index (χ0) is 44.0. The lowest BCUT2D eigenvalue weighted by Crippen LogP contribution is -2.30. The Balaban J connectivity index is 4.14. The molecular formula is C54H104O6. The van der Waals surface area contributed by atoms with Crippen molar-refractivity contribution in [1.29, 1.82) is 0 Å². The van der Waals surface area contributed by atoms with Gasteiger partial charge in [-0.25, -0.2) is 0 Å². The molecule has 0 aromatic rings. The second kappa shape index (κ2) is 46.9. The standard InChI is InChI=1S/C54H104O6/c1-6-8-9-10-11-12-24-30-36-41-46-54(57)60-51(48-59-53(56)45-40-35-31-26-27-32-37-42-49(3)4)47-58-52(55)44-39-34-29-25-22-20-18-16-14-13-15-17-19-21-23-28-33-38-43-50(5)7-2/h49-51H,6-48H2,1-5H3/t50?,51-/m0/s1. The van der Waals surface area contributed by atoms with Gasteiger partial charge in [0, 0.05) is 19.3 Å². The fourth-order valence-electron chi connectivity index (χ4n) is 8.13. The Labute approximate surface area is 374 Å². The van der Waals surface area contributed by atoms with Crippen LogP contribution in [0.5, 0.6) is 0 Å². The van der Waals surface area contributed by atoms with Gasteiger partial charge in [-0.05, 0) is 31.1 Å². The van der Waals surface area contributed by atoms with Crippen LogP contribution in [0.25, 0.3) is 0 Å². The Hall–Kier alpha value is -1.59. The molecule has 0 saturated heterocycles. The van der Waals surface area contributed by atoms with E-state index < -0.39 is 6.10 Å². The summed E-state index contributed by atoms with van der Waals surface area (Å²) in [7, 11) is 0. The third-order valence-corrected chi connectivity index (χ3v) is 12.6. The van der Waals surface area contributed by atoms with E-state index in [-0.39, 0.29) is 31.1 Å². The van der Waals surface area contributed by atoms with Gasteiger partial charge in [-0.3, -0.25) is 14.4 Å². The van der Waals surface area contributed by atoms with Gasteiger partial charge in [0.05, 0.1) is 0 Å². The highest BCUT2D eigenvalue weighted by Crippen LogP contribution is 2.18. The van der Waals surface area contributed by atoms with E-state index in [2.05, 4.69) is 34.6 Å². The minimum Gasteiger partial charge on any atom is -0.462 e. The molecule has 6 nitrogen and oxygen atoms in total. The lowest BCUT2D eigenvalue weighted by molar-refractivity contribution is -0.167. The highest BCUT2D eigenvalue weighted by molar-refractivity contribution is 5.71. The molecule has 6 heteroatoms. The van der Waals surface area contributed by atoms with Gasteiger partial charge in [0.25, 0.3) is 0 Å². The summed E-state index contributed by atoms with van der Waals surface area (Å²) in [6.45, 7) is 11.4. The second-order valence-electron chi connectivity index (χ2n) is 19.2. The van der Waals surface area contributed by atoms with Gasteiger partial charge < -0.3 is 14.2 Å². The fourth-order valence-corrected chi connectivity index (χ4v) is 8.13. The van der Waals surface area contributed by atoms with Crippen LogP contribution >= 0.6 is 0 Å². The van der Waals surface area contributed by atoms with Gasteiger partial charge in [-0.15, -0.1) is 0 Å². The molecule has 1 unspecified atom stereocenters. The number of carbonyl (C=O) groups is 3.